The third-order valence-electron chi connectivity index (χ3n) is 5.27. The lowest BCUT2D eigenvalue weighted by molar-refractivity contribution is 0.0954. The maximum Gasteiger partial charge on any atom is 0.251 e. The number of hydrogen-bond donors (Lipinski definition) is 1. The van der Waals surface area contributed by atoms with Gasteiger partial charge in [0.05, 0.1) is 22.7 Å². The van der Waals surface area contributed by atoms with Gasteiger partial charge < -0.3 is 14.6 Å². The average Bonchev–Trinajstić information content (AvgIpc) is 3.15. The highest BCUT2D eigenvalue weighted by Crippen LogP contribution is 2.23. The first-order valence-electron chi connectivity index (χ1n) is 10.8. The second-order valence-corrected chi connectivity index (χ2v) is 8.08. The number of carbonyl (C=O) groups is 1. The molecule has 0 saturated carbocycles. The molecule has 164 valence electrons. The van der Waals surface area contributed by atoms with E-state index in [9.17, 15) is 4.79 Å². The molecule has 0 fully saturated rings. The second kappa shape index (κ2) is 10.3. The molecule has 0 saturated heterocycles. The van der Waals surface area contributed by atoms with Crippen LogP contribution in [0.3, 0.4) is 0 Å². The Bertz CT molecular complexity index is 1220. The maximum absolute atomic E-state index is 12.5. The van der Waals surface area contributed by atoms with E-state index in [1.54, 1.807) is 0 Å². The SMILES string of the molecule is Cc1cccc(C(=O)NCCc2nc3ccccc3n2CCCOc2ccccc2Cl)c1. The van der Waals surface area contributed by atoms with Gasteiger partial charge in [0, 0.05) is 25.1 Å². The molecule has 32 heavy (non-hydrogen) atoms. The number of rotatable bonds is 9. The molecule has 0 radical (unpaired) electrons. The number of hydrogen-bond acceptors (Lipinski definition) is 3. The minimum atomic E-state index is -0.0653. The van der Waals surface area contributed by atoms with Crippen molar-refractivity contribution in [2.75, 3.05) is 13.2 Å². The van der Waals surface area contributed by atoms with Gasteiger partial charge in [-0.2, -0.15) is 0 Å². The van der Waals surface area contributed by atoms with Crippen LogP contribution in [0.25, 0.3) is 11.0 Å². The third-order valence-corrected chi connectivity index (χ3v) is 5.58. The normalized spacial score (nSPS) is 10.9. The molecule has 4 aromatic rings. The summed E-state index contributed by atoms with van der Waals surface area (Å²) in [4.78, 5) is 17.2. The summed E-state index contributed by atoms with van der Waals surface area (Å²) in [5.41, 5.74) is 3.79. The van der Waals surface area contributed by atoms with Crippen molar-refractivity contribution in [2.24, 2.45) is 0 Å². The minimum absolute atomic E-state index is 0.0653. The Kier molecular flexibility index (Phi) is 7.07. The van der Waals surface area contributed by atoms with Crippen molar-refractivity contribution in [3.05, 3.63) is 94.8 Å². The summed E-state index contributed by atoms with van der Waals surface area (Å²) in [6.07, 6.45) is 1.46. The van der Waals surface area contributed by atoms with Crippen LogP contribution in [0.5, 0.6) is 5.75 Å². The fourth-order valence-electron chi connectivity index (χ4n) is 3.71. The van der Waals surface area contributed by atoms with Crippen molar-refractivity contribution in [3.63, 3.8) is 0 Å². The van der Waals surface area contributed by atoms with Gasteiger partial charge in [-0.15, -0.1) is 0 Å². The summed E-state index contributed by atoms with van der Waals surface area (Å²) in [5.74, 6) is 1.58. The first kappa shape index (κ1) is 21.9. The van der Waals surface area contributed by atoms with Crippen LogP contribution in [0, 0.1) is 6.92 Å². The van der Waals surface area contributed by atoms with Crippen LogP contribution in [-0.2, 0) is 13.0 Å². The van der Waals surface area contributed by atoms with Crippen LogP contribution >= 0.6 is 11.6 Å². The highest BCUT2D eigenvalue weighted by molar-refractivity contribution is 6.32. The summed E-state index contributed by atoms with van der Waals surface area (Å²) in [6, 6.07) is 23.2. The number of fused-ring (bicyclic) bond motifs is 1. The molecule has 0 atom stereocenters. The van der Waals surface area contributed by atoms with E-state index in [2.05, 4.69) is 16.0 Å². The number of carbonyl (C=O) groups excluding carboxylic acids is 1. The van der Waals surface area contributed by atoms with Gasteiger partial charge in [0.1, 0.15) is 11.6 Å². The van der Waals surface area contributed by atoms with Gasteiger partial charge in [-0.05, 0) is 49.7 Å². The summed E-state index contributed by atoms with van der Waals surface area (Å²) in [7, 11) is 0. The van der Waals surface area contributed by atoms with E-state index >= 15 is 0 Å². The Labute approximate surface area is 193 Å². The summed E-state index contributed by atoms with van der Waals surface area (Å²) in [6.45, 7) is 3.83. The Balaban J connectivity index is 1.38. The van der Waals surface area contributed by atoms with E-state index in [1.807, 2.05) is 73.7 Å². The van der Waals surface area contributed by atoms with Crippen molar-refractivity contribution in [1.82, 2.24) is 14.9 Å². The van der Waals surface area contributed by atoms with E-state index in [0.717, 1.165) is 35.4 Å². The van der Waals surface area contributed by atoms with Gasteiger partial charge in [0.2, 0.25) is 0 Å². The summed E-state index contributed by atoms with van der Waals surface area (Å²) >= 11 is 6.17. The number of aryl methyl sites for hydroxylation is 2. The lowest BCUT2D eigenvalue weighted by Crippen LogP contribution is -2.26. The Morgan fingerprint density at radius 3 is 2.72 bits per heavy atom. The summed E-state index contributed by atoms with van der Waals surface area (Å²) in [5, 5.41) is 3.63. The zero-order valence-electron chi connectivity index (χ0n) is 18.1. The van der Waals surface area contributed by atoms with Crippen molar-refractivity contribution < 1.29 is 9.53 Å². The van der Waals surface area contributed by atoms with E-state index in [4.69, 9.17) is 21.3 Å². The van der Waals surface area contributed by atoms with Crippen LogP contribution in [0.2, 0.25) is 5.02 Å². The minimum Gasteiger partial charge on any atom is -0.492 e. The van der Waals surface area contributed by atoms with Gasteiger partial charge in [0.15, 0.2) is 0 Å². The highest BCUT2D eigenvalue weighted by Gasteiger charge is 2.12. The lowest BCUT2D eigenvalue weighted by atomic mass is 10.1. The number of nitrogens with one attached hydrogen (secondary N) is 1. The number of benzene rings is 3. The van der Waals surface area contributed by atoms with E-state index < -0.39 is 0 Å². The van der Waals surface area contributed by atoms with Gasteiger partial charge in [-0.3, -0.25) is 4.79 Å². The molecule has 5 nitrogen and oxygen atoms in total. The Morgan fingerprint density at radius 2 is 1.88 bits per heavy atom. The van der Waals surface area contributed by atoms with Gasteiger partial charge >= 0.3 is 0 Å². The quantitative estimate of drug-likeness (QED) is 0.347. The number of aromatic nitrogens is 2. The number of para-hydroxylation sites is 3. The number of ether oxygens (including phenoxy) is 1. The van der Waals surface area contributed by atoms with Crippen LogP contribution in [0.4, 0.5) is 0 Å². The molecule has 0 aliphatic heterocycles. The molecule has 0 aliphatic rings. The number of halogens is 1. The number of nitrogens with zero attached hydrogens (tertiary/aromatic N) is 2. The summed E-state index contributed by atoms with van der Waals surface area (Å²) < 4.78 is 8.05. The van der Waals surface area contributed by atoms with Crippen molar-refractivity contribution in [3.8, 4) is 5.75 Å². The molecule has 0 bridgehead atoms. The van der Waals surface area contributed by atoms with Gasteiger partial charge in [-0.1, -0.05) is 53.6 Å². The zero-order valence-corrected chi connectivity index (χ0v) is 18.8. The predicted octanol–water partition coefficient (Wildman–Crippen LogP) is 5.44. The van der Waals surface area contributed by atoms with E-state index in [1.165, 1.54) is 0 Å². The van der Waals surface area contributed by atoms with Crippen LogP contribution in [0.15, 0.2) is 72.8 Å². The molecule has 6 heteroatoms. The average molecular weight is 448 g/mol. The monoisotopic (exact) mass is 447 g/mol. The van der Waals surface area contributed by atoms with E-state index in [-0.39, 0.29) is 5.91 Å². The smallest absolute Gasteiger partial charge is 0.251 e. The molecule has 3 aromatic carbocycles. The van der Waals surface area contributed by atoms with Crippen LogP contribution in [0.1, 0.15) is 28.2 Å². The number of amides is 1. The fourth-order valence-corrected chi connectivity index (χ4v) is 3.90. The molecule has 0 aliphatic carbocycles. The first-order chi connectivity index (χ1) is 15.6. The molecule has 1 amide bonds. The van der Waals surface area contributed by atoms with E-state index in [0.29, 0.717) is 35.9 Å². The predicted molar refractivity (Wildman–Crippen MR) is 129 cm³/mol. The molecule has 1 heterocycles. The van der Waals surface area contributed by atoms with Crippen molar-refractivity contribution in [1.29, 1.82) is 0 Å². The Morgan fingerprint density at radius 1 is 1.06 bits per heavy atom. The van der Waals surface area contributed by atoms with Gasteiger partial charge in [-0.25, -0.2) is 4.98 Å². The molecule has 1 N–H and O–H groups in total. The third kappa shape index (κ3) is 5.29. The van der Waals surface area contributed by atoms with Crippen molar-refractivity contribution in [2.45, 2.75) is 26.3 Å². The molecule has 0 unspecified atom stereocenters. The molecule has 1 aromatic heterocycles. The molecule has 0 spiro atoms. The van der Waals surface area contributed by atoms with Crippen LogP contribution < -0.4 is 10.1 Å². The van der Waals surface area contributed by atoms with Gasteiger partial charge in [0.25, 0.3) is 5.91 Å². The Hall–Kier alpha value is -3.31. The highest BCUT2D eigenvalue weighted by atomic mass is 35.5. The number of imidazole rings is 1. The first-order valence-corrected chi connectivity index (χ1v) is 11.2. The van der Waals surface area contributed by atoms with Crippen LogP contribution in [-0.4, -0.2) is 28.6 Å². The topological polar surface area (TPSA) is 56.2 Å². The molecule has 4 rings (SSSR count). The lowest BCUT2D eigenvalue weighted by Gasteiger charge is -2.11. The largest absolute Gasteiger partial charge is 0.492 e. The molecular weight excluding hydrogens is 422 g/mol. The maximum atomic E-state index is 12.5. The standard InChI is InChI=1S/C26H26ClN3O2/c1-19-8-6-9-20(18-19)26(31)28-15-14-25-29-22-11-3-4-12-23(22)30(25)16-7-17-32-24-13-5-2-10-21(24)27/h2-6,8-13,18H,7,14-17H2,1H3,(H,28,31). The second-order valence-electron chi connectivity index (χ2n) is 7.68. The molecular formula is C26H26ClN3O2. The van der Waals surface area contributed by atoms with Crippen molar-refractivity contribution >= 4 is 28.5 Å². The fraction of sp³-hybridized carbons (Fsp3) is 0.231. The zero-order chi connectivity index (χ0) is 22.3.